The molecule has 1 aromatic heterocycles. The fourth-order valence-corrected chi connectivity index (χ4v) is 3.29. The zero-order chi connectivity index (χ0) is 17.5. The van der Waals surface area contributed by atoms with Crippen LogP contribution < -0.4 is 5.32 Å². The molecule has 2 aliphatic heterocycles. The molecule has 25 heavy (non-hydrogen) atoms. The molecule has 2 fully saturated rings. The number of hydrogen-bond acceptors (Lipinski definition) is 6. The molecule has 138 valence electrons. The Morgan fingerprint density at radius 3 is 2.60 bits per heavy atom. The molecule has 0 spiro atoms. The predicted molar refractivity (Wildman–Crippen MR) is 98.0 cm³/mol. The van der Waals surface area contributed by atoms with Gasteiger partial charge in [-0.25, -0.2) is 0 Å². The fourth-order valence-electron chi connectivity index (χ4n) is 3.29. The summed E-state index contributed by atoms with van der Waals surface area (Å²) >= 11 is 0. The van der Waals surface area contributed by atoms with Crippen LogP contribution in [0.25, 0.3) is 0 Å². The van der Waals surface area contributed by atoms with Crippen LogP contribution in [0.2, 0.25) is 0 Å². The van der Waals surface area contributed by atoms with Crippen LogP contribution in [0.15, 0.2) is 18.5 Å². The van der Waals surface area contributed by atoms with Crippen molar-refractivity contribution in [1.29, 1.82) is 0 Å². The molecule has 3 rings (SSSR count). The Morgan fingerprint density at radius 2 is 1.88 bits per heavy atom. The van der Waals surface area contributed by atoms with Gasteiger partial charge in [-0.1, -0.05) is 6.92 Å². The summed E-state index contributed by atoms with van der Waals surface area (Å²) in [6.07, 6.45) is 3.45. The van der Waals surface area contributed by atoms with E-state index in [0.717, 1.165) is 77.8 Å². The first-order valence-corrected chi connectivity index (χ1v) is 9.27. The molecule has 1 amide bonds. The molecule has 0 aromatic carbocycles. The highest BCUT2D eigenvalue weighted by molar-refractivity contribution is 5.94. The normalized spacial score (nSPS) is 19.8. The molecule has 2 saturated heterocycles. The number of amides is 1. The number of carbonyl (C=O) groups is 1. The van der Waals surface area contributed by atoms with E-state index in [2.05, 4.69) is 27.0 Å². The van der Waals surface area contributed by atoms with Gasteiger partial charge in [0.25, 0.3) is 5.91 Å². The Bertz CT molecular complexity index is 554. The van der Waals surface area contributed by atoms with Crippen molar-refractivity contribution in [3.8, 4) is 0 Å². The average molecular weight is 347 g/mol. The number of ether oxygens (including phenoxy) is 1. The first-order chi connectivity index (χ1) is 12.3. The van der Waals surface area contributed by atoms with Gasteiger partial charge in [0.2, 0.25) is 0 Å². The van der Waals surface area contributed by atoms with E-state index in [9.17, 15) is 4.79 Å². The van der Waals surface area contributed by atoms with Crippen LogP contribution in [0.5, 0.6) is 0 Å². The predicted octanol–water partition coefficient (Wildman–Crippen LogP) is 0.603. The first kappa shape index (κ1) is 18.1. The monoisotopic (exact) mass is 347 g/mol. The number of likely N-dealkylation sites (N-methyl/N-ethyl adjacent to an activating group) is 1. The fraction of sp³-hybridized carbons (Fsp3) is 0.667. The number of pyridine rings is 1. The van der Waals surface area contributed by atoms with Gasteiger partial charge in [0.1, 0.15) is 0 Å². The highest BCUT2D eigenvalue weighted by Crippen LogP contribution is 2.12. The van der Waals surface area contributed by atoms with Crippen molar-refractivity contribution in [3.05, 3.63) is 24.0 Å². The van der Waals surface area contributed by atoms with E-state index in [0.29, 0.717) is 5.56 Å². The Morgan fingerprint density at radius 1 is 1.12 bits per heavy atom. The minimum atomic E-state index is 0.0834. The number of carbonyl (C=O) groups excluding carboxylic acids is 1. The summed E-state index contributed by atoms with van der Waals surface area (Å²) in [5.41, 5.74) is 1.58. The van der Waals surface area contributed by atoms with Crippen molar-refractivity contribution in [1.82, 2.24) is 19.7 Å². The van der Waals surface area contributed by atoms with Crippen LogP contribution in [0, 0.1) is 0 Å². The quantitative estimate of drug-likeness (QED) is 0.813. The number of morpholine rings is 1. The molecular formula is C18H29N5O2. The summed E-state index contributed by atoms with van der Waals surface area (Å²) in [6.45, 7) is 12.1. The largest absolute Gasteiger partial charge is 0.382 e. The van der Waals surface area contributed by atoms with Gasteiger partial charge in [0.05, 0.1) is 24.5 Å². The molecule has 3 heterocycles. The zero-order valence-electron chi connectivity index (χ0n) is 15.1. The van der Waals surface area contributed by atoms with Gasteiger partial charge in [0.15, 0.2) is 0 Å². The minimum Gasteiger partial charge on any atom is -0.382 e. The van der Waals surface area contributed by atoms with E-state index in [1.54, 1.807) is 12.4 Å². The number of rotatable bonds is 6. The van der Waals surface area contributed by atoms with Crippen LogP contribution in [-0.2, 0) is 4.74 Å². The van der Waals surface area contributed by atoms with Gasteiger partial charge in [-0.2, -0.15) is 0 Å². The molecule has 0 atom stereocenters. The summed E-state index contributed by atoms with van der Waals surface area (Å²) in [4.78, 5) is 23.6. The number of hydrogen-bond donors (Lipinski definition) is 1. The van der Waals surface area contributed by atoms with Gasteiger partial charge in [0, 0.05) is 64.8 Å². The lowest BCUT2D eigenvalue weighted by Gasteiger charge is -2.34. The molecular weight excluding hydrogens is 318 g/mol. The summed E-state index contributed by atoms with van der Waals surface area (Å²) in [6, 6.07) is 1.92. The Kier molecular flexibility index (Phi) is 6.61. The molecule has 2 aliphatic rings. The van der Waals surface area contributed by atoms with Gasteiger partial charge in [-0.05, 0) is 12.6 Å². The van der Waals surface area contributed by atoms with E-state index in [-0.39, 0.29) is 5.91 Å². The van der Waals surface area contributed by atoms with Crippen LogP contribution in [0.3, 0.4) is 0 Å². The highest BCUT2D eigenvalue weighted by atomic mass is 16.5. The van der Waals surface area contributed by atoms with Crippen molar-refractivity contribution >= 4 is 11.6 Å². The number of anilines is 1. The maximum atomic E-state index is 12.7. The van der Waals surface area contributed by atoms with Crippen LogP contribution in [0.1, 0.15) is 17.3 Å². The Hall–Kier alpha value is -1.70. The third-order valence-corrected chi connectivity index (χ3v) is 4.95. The molecule has 0 unspecified atom stereocenters. The van der Waals surface area contributed by atoms with Crippen molar-refractivity contribution in [2.45, 2.75) is 6.92 Å². The second-order valence-electron chi connectivity index (χ2n) is 6.57. The van der Waals surface area contributed by atoms with E-state index in [1.165, 1.54) is 0 Å². The number of nitrogens with one attached hydrogen (secondary N) is 1. The van der Waals surface area contributed by atoms with Crippen LogP contribution in [-0.4, -0.2) is 97.7 Å². The zero-order valence-corrected chi connectivity index (χ0v) is 15.1. The molecule has 0 aliphatic carbocycles. The standard InChI is InChI=1S/C18H29N5O2/c1-2-21-5-7-23(8-6-21)18(24)16-13-17(15-19-14-16)20-3-4-22-9-11-25-12-10-22/h13-15,20H,2-12H2,1H3. The Balaban J connectivity index is 1.49. The van der Waals surface area contributed by atoms with E-state index in [1.807, 2.05) is 11.0 Å². The smallest absolute Gasteiger partial charge is 0.255 e. The molecule has 7 heteroatoms. The second-order valence-corrected chi connectivity index (χ2v) is 6.57. The molecule has 1 N–H and O–H groups in total. The van der Waals surface area contributed by atoms with E-state index < -0.39 is 0 Å². The molecule has 0 radical (unpaired) electrons. The second kappa shape index (κ2) is 9.12. The maximum Gasteiger partial charge on any atom is 0.255 e. The molecule has 0 saturated carbocycles. The number of piperazine rings is 1. The van der Waals surface area contributed by atoms with Gasteiger partial charge in [-0.3, -0.25) is 14.7 Å². The van der Waals surface area contributed by atoms with E-state index in [4.69, 9.17) is 4.74 Å². The number of nitrogens with zero attached hydrogens (tertiary/aromatic N) is 4. The summed E-state index contributed by atoms with van der Waals surface area (Å²) in [5, 5.41) is 3.38. The SMILES string of the molecule is CCN1CCN(C(=O)c2cncc(NCCN3CCOCC3)c2)CC1. The van der Waals surface area contributed by atoms with Crippen LogP contribution in [0.4, 0.5) is 5.69 Å². The highest BCUT2D eigenvalue weighted by Gasteiger charge is 2.21. The number of aromatic nitrogens is 1. The third kappa shape index (κ3) is 5.14. The summed E-state index contributed by atoms with van der Waals surface area (Å²) in [7, 11) is 0. The summed E-state index contributed by atoms with van der Waals surface area (Å²) < 4.78 is 5.36. The van der Waals surface area contributed by atoms with Crippen LogP contribution >= 0.6 is 0 Å². The van der Waals surface area contributed by atoms with Gasteiger partial charge < -0.3 is 19.9 Å². The van der Waals surface area contributed by atoms with Gasteiger partial charge >= 0.3 is 0 Å². The van der Waals surface area contributed by atoms with Crippen molar-refractivity contribution in [2.24, 2.45) is 0 Å². The van der Waals surface area contributed by atoms with Crippen molar-refractivity contribution < 1.29 is 9.53 Å². The Labute approximate surface area is 149 Å². The molecule has 7 nitrogen and oxygen atoms in total. The molecule has 1 aromatic rings. The molecule has 0 bridgehead atoms. The minimum absolute atomic E-state index is 0.0834. The van der Waals surface area contributed by atoms with Gasteiger partial charge in [-0.15, -0.1) is 0 Å². The lowest BCUT2D eigenvalue weighted by Crippen LogP contribution is -2.48. The lowest BCUT2D eigenvalue weighted by atomic mass is 10.2. The third-order valence-electron chi connectivity index (χ3n) is 4.95. The van der Waals surface area contributed by atoms with Crippen molar-refractivity contribution in [3.63, 3.8) is 0 Å². The summed E-state index contributed by atoms with van der Waals surface area (Å²) in [5.74, 6) is 0.0834. The topological polar surface area (TPSA) is 60.9 Å². The average Bonchev–Trinajstić information content (AvgIpc) is 2.68. The first-order valence-electron chi connectivity index (χ1n) is 9.27. The van der Waals surface area contributed by atoms with Crippen molar-refractivity contribution in [2.75, 3.05) is 77.4 Å². The maximum absolute atomic E-state index is 12.7. The van der Waals surface area contributed by atoms with E-state index >= 15 is 0 Å². The lowest BCUT2D eigenvalue weighted by molar-refractivity contribution is 0.0398.